The third-order valence-corrected chi connectivity index (χ3v) is 4.87. The highest BCUT2D eigenvalue weighted by atomic mass is 35.5. The topological polar surface area (TPSA) is 55.2 Å². The molecular formula is C20H16Cl2FN3O2. The van der Waals surface area contributed by atoms with E-state index in [2.05, 4.69) is 5.10 Å². The van der Waals surface area contributed by atoms with Crippen LogP contribution < -0.4 is 5.43 Å². The molecule has 0 aliphatic carbocycles. The van der Waals surface area contributed by atoms with Gasteiger partial charge in [0.25, 0.3) is 5.91 Å². The summed E-state index contributed by atoms with van der Waals surface area (Å²) in [5.74, 6) is -1.18. The van der Waals surface area contributed by atoms with Crippen LogP contribution in [0.1, 0.15) is 21.7 Å². The Balaban J connectivity index is 1.99. The fourth-order valence-electron chi connectivity index (χ4n) is 2.74. The Kier molecular flexibility index (Phi) is 5.82. The first kappa shape index (κ1) is 20.0. The molecule has 0 aliphatic heterocycles. The summed E-state index contributed by atoms with van der Waals surface area (Å²) in [5.41, 5.74) is 0.404. The highest BCUT2D eigenvalue weighted by molar-refractivity contribution is 6.32. The van der Waals surface area contributed by atoms with Gasteiger partial charge in [-0.3, -0.25) is 9.59 Å². The Bertz CT molecular complexity index is 1090. The number of rotatable bonds is 4. The van der Waals surface area contributed by atoms with E-state index in [9.17, 15) is 14.0 Å². The van der Waals surface area contributed by atoms with Gasteiger partial charge in [-0.05, 0) is 31.2 Å². The number of halogens is 3. The van der Waals surface area contributed by atoms with Crippen molar-refractivity contribution in [1.29, 1.82) is 0 Å². The Morgan fingerprint density at radius 1 is 1.14 bits per heavy atom. The first-order chi connectivity index (χ1) is 13.3. The van der Waals surface area contributed by atoms with Crippen LogP contribution >= 0.6 is 23.2 Å². The van der Waals surface area contributed by atoms with E-state index in [-0.39, 0.29) is 22.8 Å². The Labute approximate surface area is 170 Å². The fourth-order valence-corrected chi connectivity index (χ4v) is 3.17. The molecule has 1 heterocycles. The van der Waals surface area contributed by atoms with E-state index in [1.165, 1.54) is 40.9 Å². The van der Waals surface area contributed by atoms with Gasteiger partial charge in [0, 0.05) is 29.4 Å². The van der Waals surface area contributed by atoms with Crippen molar-refractivity contribution < 1.29 is 9.18 Å². The Hall–Kier alpha value is -2.70. The van der Waals surface area contributed by atoms with Crippen molar-refractivity contribution >= 4 is 29.1 Å². The van der Waals surface area contributed by atoms with Crippen molar-refractivity contribution in [3.63, 3.8) is 0 Å². The van der Waals surface area contributed by atoms with Crippen LogP contribution in [0.4, 0.5) is 4.39 Å². The van der Waals surface area contributed by atoms with Gasteiger partial charge >= 0.3 is 0 Å². The molecule has 2 aromatic carbocycles. The highest BCUT2D eigenvalue weighted by Crippen LogP contribution is 2.22. The second-order valence-electron chi connectivity index (χ2n) is 6.22. The van der Waals surface area contributed by atoms with Gasteiger partial charge in [-0.2, -0.15) is 5.10 Å². The van der Waals surface area contributed by atoms with Crippen molar-refractivity contribution in [3.8, 4) is 5.69 Å². The van der Waals surface area contributed by atoms with Crippen LogP contribution in [0.3, 0.4) is 0 Å². The minimum Gasteiger partial charge on any atom is -0.336 e. The van der Waals surface area contributed by atoms with E-state index in [4.69, 9.17) is 23.2 Å². The molecule has 0 N–H and O–H groups in total. The van der Waals surface area contributed by atoms with Gasteiger partial charge < -0.3 is 4.90 Å². The number of carbonyl (C=O) groups is 1. The fraction of sp³-hybridized carbons (Fsp3) is 0.150. The zero-order chi connectivity index (χ0) is 20.4. The molecule has 8 heteroatoms. The van der Waals surface area contributed by atoms with Gasteiger partial charge in [-0.1, -0.05) is 41.4 Å². The quantitative estimate of drug-likeness (QED) is 0.634. The van der Waals surface area contributed by atoms with E-state index in [1.807, 2.05) is 0 Å². The molecule has 0 saturated heterocycles. The number of hydrogen-bond acceptors (Lipinski definition) is 3. The molecule has 0 saturated carbocycles. The molecule has 144 valence electrons. The van der Waals surface area contributed by atoms with E-state index >= 15 is 0 Å². The normalized spacial score (nSPS) is 10.8. The molecule has 0 radical (unpaired) electrons. The van der Waals surface area contributed by atoms with Gasteiger partial charge in [0.15, 0.2) is 5.69 Å². The van der Waals surface area contributed by atoms with E-state index < -0.39 is 17.2 Å². The molecule has 5 nitrogen and oxygen atoms in total. The van der Waals surface area contributed by atoms with Gasteiger partial charge in [-0.15, -0.1) is 0 Å². The summed E-state index contributed by atoms with van der Waals surface area (Å²) in [7, 11) is 1.45. The molecule has 3 aromatic rings. The van der Waals surface area contributed by atoms with Gasteiger partial charge in [0.1, 0.15) is 5.82 Å². The molecule has 0 spiro atoms. The van der Waals surface area contributed by atoms with Crippen LogP contribution in [0.2, 0.25) is 10.0 Å². The number of aryl methyl sites for hydroxylation is 1. The van der Waals surface area contributed by atoms with Gasteiger partial charge in [0.2, 0.25) is 5.43 Å². The molecule has 1 amide bonds. The number of carbonyl (C=O) groups excluding carboxylic acids is 1. The number of benzene rings is 2. The monoisotopic (exact) mass is 419 g/mol. The van der Waals surface area contributed by atoms with E-state index in [1.54, 1.807) is 31.2 Å². The number of aromatic nitrogens is 2. The average Bonchev–Trinajstić information content (AvgIpc) is 2.65. The molecule has 0 atom stereocenters. The maximum absolute atomic E-state index is 14.0. The molecule has 0 aliphatic rings. The summed E-state index contributed by atoms with van der Waals surface area (Å²) < 4.78 is 15.5. The number of para-hydroxylation sites is 1. The van der Waals surface area contributed by atoms with Crippen LogP contribution in [0.15, 0.2) is 53.3 Å². The predicted octanol–water partition coefficient (Wildman–Crippen LogP) is 4.26. The summed E-state index contributed by atoms with van der Waals surface area (Å²) in [4.78, 5) is 26.4. The maximum atomic E-state index is 14.0. The molecule has 1 aromatic heterocycles. The largest absolute Gasteiger partial charge is 0.336 e. The molecule has 3 rings (SSSR count). The number of amides is 1. The second kappa shape index (κ2) is 8.12. The zero-order valence-corrected chi connectivity index (χ0v) is 16.6. The average molecular weight is 420 g/mol. The lowest BCUT2D eigenvalue weighted by Crippen LogP contribution is -2.33. The van der Waals surface area contributed by atoms with Gasteiger partial charge in [0.05, 0.1) is 17.3 Å². The van der Waals surface area contributed by atoms with Crippen LogP contribution in [0.25, 0.3) is 5.69 Å². The standard InChI is InChI=1S/C20H16Cl2FN3O2/c1-12-10-18(27)19(24-26(12)17-9-4-3-6-15(17)22)20(28)25(2)11-13-14(21)7-5-8-16(13)23/h3-10H,11H2,1-2H3. The molecule has 28 heavy (non-hydrogen) atoms. The summed E-state index contributed by atoms with van der Waals surface area (Å²) in [6.45, 7) is 1.58. The van der Waals surface area contributed by atoms with Crippen LogP contribution in [-0.4, -0.2) is 27.6 Å². The Morgan fingerprint density at radius 3 is 2.50 bits per heavy atom. The first-order valence-electron chi connectivity index (χ1n) is 8.34. The van der Waals surface area contributed by atoms with Crippen LogP contribution in [0.5, 0.6) is 0 Å². The maximum Gasteiger partial charge on any atom is 0.278 e. The van der Waals surface area contributed by atoms with E-state index in [0.29, 0.717) is 16.4 Å². The minimum atomic E-state index is -0.648. The number of nitrogens with zero attached hydrogens (tertiary/aromatic N) is 3. The first-order valence-corrected chi connectivity index (χ1v) is 9.09. The molecular weight excluding hydrogens is 404 g/mol. The predicted molar refractivity (Wildman–Crippen MR) is 107 cm³/mol. The second-order valence-corrected chi connectivity index (χ2v) is 7.04. The van der Waals surface area contributed by atoms with Gasteiger partial charge in [-0.25, -0.2) is 9.07 Å². The lowest BCUT2D eigenvalue weighted by atomic mass is 10.2. The van der Waals surface area contributed by atoms with Crippen molar-refractivity contribution in [2.75, 3.05) is 7.05 Å². The van der Waals surface area contributed by atoms with Crippen molar-refractivity contribution in [2.45, 2.75) is 13.5 Å². The highest BCUT2D eigenvalue weighted by Gasteiger charge is 2.21. The summed E-state index contributed by atoms with van der Waals surface area (Å²) >= 11 is 12.2. The lowest BCUT2D eigenvalue weighted by Gasteiger charge is -2.19. The van der Waals surface area contributed by atoms with Crippen molar-refractivity contribution in [2.24, 2.45) is 0 Å². The third-order valence-electron chi connectivity index (χ3n) is 4.19. The lowest BCUT2D eigenvalue weighted by molar-refractivity contribution is 0.0774. The zero-order valence-electron chi connectivity index (χ0n) is 15.1. The molecule has 0 fully saturated rings. The summed E-state index contributed by atoms with van der Waals surface area (Å²) in [6.07, 6.45) is 0. The molecule has 0 bridgehead atoms. The minimum absolute atomic E-state index is 0.106. The smallest absolute Gasteiger partial charge is 0.278 e. The van der Waals surface area contributed by atoms with E-state index in [0.717, 1.165) is 0 Å². The van der Waals surface area contributed by atoms with Crippen LogP contribution in [-0.2, 0) is 6.54 Å². The summed E-state index contributed by atoms with van der Waals surface area (Å²) in [5, 5.41) is 4.83. The van der Waals surface area contributed by atoms with Crippen molar-refractivity contribution in [3.05, 3.63) is 91.6 Å². The SMILES string of the molecule is Cc1cc(=O)c(C(=O)N(C)Cc2c(F)cccc2Cl)nn1-c1ccccc1Cl. The van der Waals surface area contributed by atoms with Crippen molar-refractivity contribution in [1.82, 2.24) is 14.7 Å². The summed E-state index contributed by atoms with van der Waals surface area (Å²) in [6, 6.07) is 12.5. The third kappa shape index (κ3) is 3.93. The Morgan fingerprint density at radius 2 is 1.82 bits per heavy atom. The number of hydrogen-bond donors (Lipinski definition) is 0. The van der Waals surface area contributed by atoms with Crippen LogP contribution in [0, 0.1) is 12.7 Å². The molecule has 0 unspecified atom stereocenters.